The van der Waals surface area contributed by atoms with E-state index in [1.165, 1.54) is 11.8 Å². The predicted molar refractivity (Wildman–Crippen MR) is 97.5 cm³/mol. The van der Waals surface area contributed by atoms with Gasteiger partial charge in [-0.1, -0.05) is 18.2 Å². The maximum absolute atomic E-state index is 11.1. The normalized spacial score (nSPS) is 12.1. The number of H-pyrrole nitrogens is 1. The summed E-state index contributed by atoms with van der Waals surface area (Å²) in [6.45, 7) is 0. The van der Waals surface area contributed by atoms with Crippen LogP contribution in [-0.2, 0) is 4.79 Å². The Labute approximate surface area is 149 Å². The van der Waals surface area contributed by atoms with Crippen molar-refractivity contribution in [3.63, 3.8) is 0 Å². The first kappa shape index (κ1) is 17.3. The molecule has 1 atom stereocenters. The molecule has 6 heteroatoms. The Morgan fingerprint density at radius 2 is 2.00 bits per heavy atom. The van der Waals surface area contributed by atoms with E-state index >= 15 is 0 Å². The van der Waals surface area contributed by atoms with Crippen LogP contribution in [0, 0.1) is 0 Å². The SMILES string of the molecule is COc1ccc2[nH+]c(-c3ccccc3)cc(SCC([NH3+])C(=O)O)c2c1. The van der Waals surface area contributed by atoms with E-state index < -0.39 is 12.0 Å². The molecule has 1 unspecified atom stereocenters. The molecule has 25 heavy (non-hydrogen) atoms. The number of quaternary nitrogens is 1. The van der Waals surface area contributed by atoms with Gasteiger partial charge in [-0.3, -0.25) is 0 Å². The number of thioether (sulfide) groups is 1. The lowest BCUT2D eigenvalue weighted by molar-refractivity contribution is -0.400. The van der Waals surface area contributed by atoms with E-state index in [1.54, 1.807) is 7.11 Å². The minimum atomic E-state index is -0.889. The van der Waals surface area contributed by atoms with E-state index in [0.29, 0.717) is 5.75 Å². The van der Waals surface area contributed by atoms with Crippen LogP contribution in [0.4, 0.5) is 0 Å². The number of fused-ring (bicyclic) bond motifs is 1. The Morgan fingerprint density at radius 3 is 2.68 bits per heavy atom. The molecule has 1 aromatic heterocycles. The Morgan fingerprint density at radius 1 is 1.24 bits per heavy atom. The van der Waals surface area contributed by atoms with Gasteiger partial charge < -0.3 is 15.6 Å². The van der Waals surface area contributed by atoms with Crippen molar-refractivity contribution in [2.24, 2.45) is 0 Å². The summed E-state index contributed by atoms with van der Waals surface area (Å²) in [5, 5.41) is 10.1. The van der Waals surface area contributed by atoms with Crippen LogP contribution in [0.5, 0.6) is 5.75 Å². The van der Waals surface area contributed by atoms with Gasteiger partial charge in [-0.2, -0.15) is 0 Å². The van der Waals surface area contributed by atoms with Crippen molar-refractivity contribution in [3.8, 4) is 17.0 Å². The van der Waals surface area contributed by atoms with Crippen LogP contribution >= 0.6 is 11.8 Å². The molecule has 5 N–H and O–H groups in total. The fourth-order valence-corrected chi connectivity index (χ4v) is 3.56. The molecule has 1 heterocycles. The number of methoxy groups -OCH3 is 1. The molecule has 3 aromatic rings. The van der Waals surface area contributed by atoms with Crippen molar-refractivity contribution in [1.82, 2.24) is 0 Å². The molecule has 0 aliphatic carbocycles. The Bertz CT molecular complexity index is 900. The number of pyridine rings is 1. The number of carboxylic acid groups (broad SMARTS) is 1. The van der Waals surface area contributed by atoms with Crippen molar-refractivity contribution in [2.45, 2.75) is 10.9 Å². The van der Waals surface area contributed by atoms with Crippen molar-refractivity contribution < 1.29 is 25.4 Å². The van der Waals surface area contributed by atoms with Gasteiger partial charge in [0, 0.05) is 22.6 Å². The summed E-state index contributed by atoms with van der Waals surface area (Å²) >= 11 is 1.50. The molecule has 0 radical (unpaired) electrons. The van der Waals surface area contributed by atoms with Gasteiger partial charge in [-0.05, 0) is 24.3 Å². The van der Waals surface area contributed by atoms with E-state index in [1.807, 2.05) is 48.5 Å². The Balaban J connectivity index is 2.07. The zero-order chi connectivity index (χ0) is 17.8. The highest BCUT2D eigenvalue weighted by molar-refractivity contribution is 7.99. The second-order valence-corrected chi connectivity index (χ2v) is 6.73. The molecule has 0 amide bonds. The highest BCUT2D eigenvalue weighted by Crippen LogP contribution is 2.31. The molecule has 128 valence electrons. The summed E-state index contributed by atoms with van der Waals surface area (Å²) in [4.78, 5) is 15.5. The van der Waals surface area contributed by atoms with Crippen molar-refractivity contribution >= 4 is 28.6 Å². The van der Waals surface area contributed by atoms with Crippen LogP contribution < -0.4 is 15.5 Å². The number of aliphatic carboxylic acids is 1. The topological polar surface area (TPSA) is 88.3 Å². The number of benzene rings is 2. The lowest BCUT2D eigenvalue weighted by Crippen LogP contribution is -2.66. The molecule has 0 saturated heterocycles. The summed E-state index contributed by atoms with van der Waals surface area (Å²) in [6.07, 6.45) is 0. The number of hydrogen-bond acceptors (Lipinski definition) is 3. The number of ether oxygens (including phenoxy) is 1. The molecule has 0 saturated carbocycles. The third-order valence-electron chi connectivity index (χ3n) is 3.91. The molecule has 2 aromatic carbocycles. The first-order chi connectivity index (χ1) is 12.1. The maximum Gasteiger partial charge on any atom is 0.363 e. The van der Waals surface area contributed by atoms with E-state index in [9.17, 15) is 4.79 Å². The zero-order valence-corrected chi connectivity index (χ0v) is 14.7. The number of nitrogens with one attached hydrogen (secondary N) is 1. The van der Waals surface area contributed by atoms with Gasteiger partial charge in [-0.25, -0.2) is 9.78 Å². The fourth-order valence-electron chi connectivity index (χ4n) is 2.51. The van der Waals surface area contributed by atoms with E-state index in [-0.39, 0.29) is 0 Å². The molecular formula is C19H20N2O3S+2. The molecule has 0 aliphatic heterocycles. The number of aromatic amines is 1. The number of carboxylic acids is 1. The Kier molecular flexibility index (Phi) is 5.21. The maximum atomic E-state index is 11.1. The number of carbonyl (C=O) groups is 1. The highest BCUT2D eigenvalue weighted by Gasteiger charge is 2.19. The third kappa shape index (κ3) is 3.92. The molecule has 5 nitrogen and oxygen atoms in total. The first-order valence-corrected chi connectivity index (χ1v) is 8.85. The van der Waals surface area contributed by atoms with E-state index in [4.69, 9.17) is 9.84 Å². The summed E-state index contributed by atoms with van der Waals surface area (Å²) in [7, 11) is 1.63. The van der Waals surface area contributed by atoms with E-state index in [0.717, 1.165) is 32.8 Å². The van der Waals surface area contributed by atoms with E-state index in [2.05, 4.69) is 16.8 Å². The van der Waals surface area contributed by atoms with Gasteiger partial charge in [0.25, 0.3) is 0 Å². The van der Waals surface area contributed by atoms with Gasteiger partial charge in [0.1, 0.15) is 5.75 Å². The van der Waals surface area contributed by atoms with Crippen LogP contribution in [0.3, 0.4) is 0 Å². The summed E-state index contributed by atoms with van der Waals surface area (Å²) in [5.74, 6) is 0.277. The predicted octanol–water partition coefficient (Wildman–Crippen LogP) is 2.12. The fraction of sp³-hybridized carbons (Fsp3) is 0.158. The minimum Gasteiger partial charge on any atom is -0.497 e. The van der Waals surface area contributed by atoms with Crippen LogP contribution in [0.2, 0.25) is 0 Å². The Hall–Kier alpha value is -2.57. The van der Waals surface area contributed by atoms with Crippen LogP contribution in [-0.4, -0.2) is 30.0 Å². The quantitative estimate of drug-likeness (QED) is 0.662. The number of rotatable bonds is 6. The number of aromatic nitrogens is 1. The molecule has 0 spiro atoms. The second-order valence-electron chi connectivity index (χ2n) is 5.67. The molecular weight excluding hydrogens is 336 g/mol. The van der Waals surface area contributed by atoms with Crippen molar-refractivity contribution in [3.05, 3.63) is 54.6 Å². The lowest BCUT2D eigenvalue weighted by Gasteiger charge is -2.08. The summed E-state index contributed by atoms with van der Waals surface area (Å²) in [6, 6.07) is 17.3. The smallest absolute Gasteiger partial charge is 0.363 e. The third-order valence-corrected chi connectivity index (χ3v) is 5.13. The van der Waals surface area contributed by atoms with Crippen molar-refractivity contribution in [2.75, 3.05) is 12.9 Å². The van der Waals surface area contributed by atoms with Gasteiger partial charge in [0.2, 0.25) is 11.2 Å². The van der Waals surface area contributed by atoms with Gasteiger partial charge in [0.05, 0.1) is 18.2 Å². The lowest BCUT2D eigenvalue weighted by atomic mass is 10.1. The molecule has 0 fully saturated rings. The summed E-state index contributed by atoms with van der Waals surface area (Å²) < 4.78 is 5.33. The van der Waals surface area contributed by atoms with Crippen LogP contribution in [0.25, 0.3) is 22.2 Å². The van der Waals surface area contributed by atoms with Gasteiger partial charge in [0.15, 0.2) is 6.04 Å². The monoisotopic (exact) mass is 356 g/mol. The zero-order valence-electron chi connectivity index (χ0n) is 13.9. The van der Waals surface area contributed by atoms with Crippen LogP contribution in [0.15, 0.2) is 59.5 Å². The summed E-state index contributed by atoms with van der Waals surface area (Å²) in [5.41, 5.74) is 6.73. The number of hydrogen-bond donors (Lipinski definition) is 2. The first-order valence-electron chi connectivity index (χ1n) is 7.86. The molecule has 0 aliphatic rings. The molecule has 0 bridgehead atoms. The minimum absolute atomic E-state index is 0.403. The standard InChI is InChI=1S/C19H18N2O3S/c1-24-13-7-8-16-14(9-13)18(25-11-15(20)19(22)23)10-17(21-16)12-5-3-2-4-6-12/h2-10,15H,11,20H2,1H3,(H,22,23)/p+2. The van der Waals surface area contributed by atoms with Crippen LogP contribution in [0.1, 0.15) is 0 Å². The van der Waals surface area contributed by atoms with Crippen molar-refractivity contribution in [1.29, 1.82) is 0 Å². The average Bonchev–Trinajstić information content (AvgIpc) is 2.65. The van der Waals surface area contributed by atoms with Gasteiger partial charge in [-0.15, -0.1) is 11.8 Å². The second kappa shape index (κ2) is 7.55. The largest absolute Gasteiger partial charge is 0.497 e. The average molecular weight is 356 g/mol. The highest BCUT2D eigenvalue weighted by atomic mass is 32.2. The molecule has 3 rings (SSSR count). The van der Waals surface area contributed by atoms with Gasteiger partial charge >= 0.3 is 5.97 Å².